The van der Waals surface area contributed by atoms with E-state index in [1.807, 2.05) is 11.3 Å². The third-order valence-corrected chi connectivity index (χ3v) is 6.97. The van der Waals surface area contributed by atoms with Crippen molar-refractivity contribution >= 4 is 40.0 Å². The minimum absolute atomic E-state index is 0.0211. The molecule has 1 amide bonds. The summed E-state index contributed by atoms with van der Waals surface area (Å²) in [5, 5.41) is 1.27. The highest BCUT2D eigenvalue weighted by Crippen LogP contribution is 2.41. The number of nitrogens with zero attached hydrogens (tertiary/aromatic N) is 4. The van der Waals surface area contributed by atoms with E-state index in [0.717, 1.165) is 48.9 Å². The molecule has 6 heteroatoms. The molecule has 0 N–H and O–H groups in total. The number of hydrogen-bond donors (Lipinski definition) is 0. The van der Waals surface area contributed by atoms with Gasteiger partial charge >= 0.3 is 0 Å². The number of anilines is 1. The van der Waals surface area contributed by atoms with E-state index in [4.69, 9.17) is 0 Å². The summed E-state index contributed by atoms with van der Waals surface area (Å²) in [4.78, 5) is 29.5. The number of amides is 1. The van der Waals surface area contributed by atoms with E-state index in [2.05, 4.69) is 33.5 Å². The highest BCUT2D eigenvalue weighted by molar-refractivity contribution is 7.19. The van der Waals surface area contributed by atoms with Crippen LogP contribution in [0.4, 0.5) is 5.82 Å². The molecule has 1 aliphatic heterocycles. The standard InChI is InChI=1S/C19H24N4OS/c1-3-12-4-5-14-15(10-12)25-19-16(14)17(21-11-22-19)23-8-6-13(7-9-23)18(24)20-2/h11-13H,2-10H2,1H3. The summed E-state index contributed by atoms with van der Waals surface area (Å²) in [5.74, 6) is 1.83. The number of hydrogen-bond acceptors (Lipinski definition) is 5. The Labute approximate surface area is 152 Å². The number of aliphatic imine (C=N–C) groups is 1. The van der Waals surface area contributed by atoms with Gasteiger partial charge in [-0.1, -0.05) is 13.3 Å². The van der Waals surface area contributed by atoms with E-state index < -0.39 is 0 Å². The van der Waals surface area contributed by atoms with Crippen molar-refractivity contribution in [2.24, 2.45) is 16.8 Å². The number of carbonyl (C=O) groups excluding carboxylic acids is 1. The summed E-state index contributed by atoms with van der Waals surface area (Å²) in [7, 11) is 0. The topological polar surface area (TPSA) is 58.5 Å². The van der Waals surface area contributed by atoms with Gasteiger partial charge in [0.25, 0.3) is 0 Å². The van der Waals surface area contributed by atoms with Crippen molar-refractivity contribution in [1.29, 1.82) is 0 Å². The molecule has 25 heavy (non-hydrogen) atoms. The number of rotatable bonds is 3. The molecule has 3 heterocycles. The zero-order valence-corrected chi connectivity index (χ0v) is 15.5. The third-order valence-electron chi connectivity index (χ3n) is 5.80. The lowest BCUT2D eigenvalue weighted by atomic mass is 9.86. The van der Waals surface area contributed by atoms with Crippen molar-refractivity contribution < 1.29 is 4.79 Å². The van der Waals surface area contributed by atoms with Crippen molar-refractivity contribution in [3.05, 3.63) is 16.8 Å². The number of piperidine rings is 1. The maximum Gasteiger partial charge on any atom is 0.248 e. The molecule has 132 valence electrons. The van der Waals surface area contributed by atoms with Crippen molar-refractivity contribution in [3.8, 4) is 0 Å². The number of fused-ring (bicyclic) bond motifs is 3. The third kappa shape index (κ3) is 2.97. The SMILES string of the molecule is C=NC(=O)C1CCN(c2ncnc3sc4c(c23)CCC(CC)C4)CC1. The molecule has 4 rings (SSSR count). The lowest BCUT2D eigenvalue weighted by molar-refractivity contribution is -0.122. The molecule has 5 nitrogen and oxygen atoms in total. The zero-order valence-electron chi connectivity index (χ0n) is 14.7. The van der Waals surface area contributed by atoms with E-state index in [1.165, 1.54) is 35.1 Å². The number of aryl methyl sites for hydroxylation is 1. The fourth-order valence-corrected chi connectivity index (χ4v) is 5.51. The molecule has 1 fully saturated rings. The fraction of sp³-hybridized carbons (Fsp3) is 0.579. The van der Waals surface area contributed by atoms with Crippen LogP contribution in [0.1, 0.15) is 43.0 Å². The molecule has 2 aliphatic rings. The van der Waals surface area contributed by atoms with Gasteiger partial charge in [-0.2, -0.15) is 0 Å². The Hall–Kier alpha value is -1.82. The first-order valence-corrected chi connectivity index (χ1v) is 10.0. The van der Waals surface area contributed by atoms with Gasteiger partial charge in [-0.3, -0.25) is 4.79 Å². The maximum absolute atomic E-state index is 11.8. The zero-order chi connectivity index (χ0) is 17.4. The number of carbonyl (C=O) groups is 1. The van der Waals surface area contributed by atoms with Crippen LogP contribution in [-0.4, -0.2) is 35.7 Å². The van der Waals surface area contributed by atoms with Gasteiger partial charge < -0.3 is 4.90 Å². The second-order valence-corrected chi connectivity index (χ2v) is 8.24. The Morgan fingerprint density at radius 2 is 2.16 bits per heavy atom. The average molecular weight is 356 g/mol. The molecule has 2 aromatic rings. The van der Waals surface area contributed by atoms with Crippen LogP contribution in [-0.2, 0) is 17.6 Å². The molecule has 1 saturated heterocycles. The van der Waals surface area contributed by atoms with Crippen molar-refractivity contribution in [2.75, 3.05) is 18.0 Å². The van der Waals surface area contributed by atoms with Crippen molar-refractivity contribution in [2.45, 2.75) is 45.4 Å². The monoisotopic (exact) mass is 356 g/mol. The Kier molecular flexibility index (Phi) is 4.54. The van der Waals surface area contributed by atoms with Gasteiger partial charge in [0.05, 0.1) is 5.39 Å². The minimum Gasteiger partial charge on any atom is -0.356 e. The van der Waals surface area contributed by atoms with Crippen LogP contribution in [0.5, 0.6) is 0 Å². The second-order valence-electron chi connectivity index (χ2n) is 7.16. The summed E-state index contributed by atoms with van der Waals surface area (Å²) in [5.41, 5.74) is 1.48. The first-order valence-electron chi connectivity index (χ1n) is 9.22. The van der Waals surface area contributed by atoms with Gasteiger partial charge in [0.15, 0.2) is 0 Å². The summed E-state index contributed by atoms with van der Waals surface area (Å²) >= 11 is 1.85. The van der Waals surface area contributed by atoms with E-state index in [-0.39, 0.29) is 11.8 Å². The van der Waals surface area contributed by atoms with Crippen LogP contribution in [0.3, 0.4) is 0 Å². The van der Waals surface area contributed by atoms with E-state index in [9.17, 15) is 4.79 Å². The molecule has 0 spiro atoms. The van der Waals surface area contributed by atoms with Gasteiger partial charge in [-0.05, 0) is 50.3 Å². The van der Waals surface area contributed by atoms with Crippen LogP contribution < -0.4 is 4.90 Å². The molecule has 1 aliphatic carbocycles. The van der Waals surface area contributed by atoms with E-state index in [1.54, 1.807) is 6.33 Å². The van der Waals surface area contributed by atoms with Crippen LogP contribution in [0, 0.1) is 11.8 Å². The number of aromatic nitrogens is 2. The fourth-order valence-electron chi connectivity index (χ4n) is 4.22. The second kappa shape index (κ2) is 6.83. The molecule has 2 aromatic heterocycles. The molecule has 1 unspecified atom stereocenters. The van der Waals surface area contributed by atoms with E-state index >= 15 is 0 Å². The summed E-state index contributed by atoms with van der Waals surface area (Å²) < 4.78 is 0. The largest absolute Gasteiger partial charge is 0.356 e. The lowest BCUT2D eigenvalue weighted by Crippen LogP contribution is -2.36. The highest BCUT2D eigenvalue weighted by Gasteiger charge is 2.29. The Morgan fingerprint density at radius 1 is 1.36 bits per heavy atom. The van der Waals surface area contributed by atoms with Gasteiger partial charge in [0.2, 0.25) is 5.91 Å². The Morgan fingerprint density at radius 3 is 2.88 bits per heavy atom. The van der Waals surface area contributed by atoms with Gasteiger partial charge in [0.1, 0.15) is 17.0 Å². The van der Waals surface area contributed by atoms with Crippen LogP contribution in [0.2, 0.25) is 0 Å². The predicted molar refractivity (Wildman–Crippen MR) is 103 cm³/mol. The normalized spacial score (nSPS) is 21.3. The summed E-state index contributed by atoms with van der Waals surface area (Å²) in [6.07, 6.45) is 8.20. The van der Waals surface area contributed by atoms with Gasteiger partial charge in [-0.25, -0.2) is 15.0 Å². The van der Waals surface area contributed by atoms with Crippen molar-refractivity contribution in [1.82, 2.24) is 9.97 Å². The summed E-state index contributed by atoms with van der Waals surface area (Å²) in [6.45, 7) is 7.36. The van der Waals surface area contributed by atoms with Gasteiger partial charge in [0, 0.05) is 23.9 Å². The smallest absolute Gasteiger partial charge is 0.248 e. The van der Waals surface area contributed by atoms with Gasteiger partial charge in [-0.15, -0.1) is 11.3 Å². The van der Waals surface area contributed by atoms with E-state index in [0.29, 0.717) is 0 Å². The number of thiophene rings is 1. The minimum atomic E-state index is -0.0639. The summed E-state index contributed by atoms with van der Waals surface area (Å²) in [6, 6.07) is 0. The van der Waals surface area contributed by atoms with Crippen LogP contribution in [0.25, 0.3) is 10.2 Å². The molecule has 0 saturated carbocycles. The Bertz CT molecular complexity index is 807. The first-order chi connectivity index (χ1) is 12.2. The highest BCUT2D eigenvalue weighted by atomic mass is 32.1. The Balaban J connectivity index is 1.64. The average Bonchev–Trinajstić information content (AvgIpc) is 3.05. The quantitative estimate of drug-likeness (QED) is 0.788. The molecule has 0 aromatic carbocycles. The maximum atomic E-state index is 11.8. The lowest BCUT2D eigenvalue weighted by Gasteiger charge is -2.32. The molecular formula is C19H24N4OS. The predicted octanol–water partition coefficient (Wildman–Crippen LogP) is 3.65. The van der Waals surface area contributed by atoms with Crippen LogP contribution >= 0.6 is 11.3 Å². The molecule has 1 atom stereocenters. The van der Waals surface area contributed by atoms with Crippen LogP contribution in [0.15, 0.2) is 11.3 Å². The van der Waals surface area contributed by atoms with Crippen molar-refractivity contribution in [3.63, 3.8) is 0 Å². The molecule has 0 radical (unpaired) electrons. The molecular weight excluding hydrogens is 332 g/mol. The molecule has 0 bridgehead atoms. The first kappa shape index (κ1) is 16.6.